The number of aliphatic hydroxyl groups is 1. The van der Waals surface area contributed by atoms with Crippen LogP contribution in [0.15, 0.2) is 36.1 Å². The van der Waals surface area contributed by atoms with E-state index < -0.39 is 5.97 Å². The zero-order valence-corrected chi connectivity index (χ0v) is 11.8. The Morgan fingerprint density at radius 3 is 2.21 bits per heavy atom. The van der Waals surface area contributed by atoms with Gasteiger partial charge in [-0.25, -0.2) is 4.79 Å². The molecule has 0 aliphatic heterocycles. The van der Waals surface area contributed by atoms with Crippen LogP contribution < -0.4 is 0 Å². The van der Waals surface area contributed by atoms with Crippen molar-refractivity contribution in [1.82, 2.24) is 0 Å². The van der Waals surface area contributed by atoms with Crippen LogP contribution in [0.1, 0.15) is 58.3 Å². The fraction of sp³-hybridized carbons (Fsp3) is 0.562. The van der Waals surface area contributed by atoms with Crippen LogP contribution in [-0.4, -0.2) is 16.2 Å². The molecule has 0 spiro atoms. The van der Waals surface area contributed by atoms with Crippen LogP contribution in [0.4, 0.5) is 0 Å². The molecule has 108 valence electrons. The second kappa shape index (κ2) is 12.9. The van der Waals surface area contributed by atoms with Gasteiger partial charge in [-0.15, -0.1) is 0 Å². The van der Waals surface area contributed by atoms with Crippen LogP contribution in [0.3, 0.4) is 0 Å². The summed E-state index contributed by atoms with van der Waals surface area (Å²) in [6, 6.07) is 0. The molecule has 0 aromatic heterocycles. The minimum absolute atomic E-state index is 0.243. The van der Waals surface area contributed by atoms with Crippen molar-refractivity contribution >= 4 is 5.97 Å². The molecule has 19 heavy (non-hydrogen) atoms. The first kappa shape index (κ1) is 17.5. The van der Waals surface area contributed by atoms with Gasteiger partial charge in [-0.05, 0) is 18.9 Å². The van der Waals surface area contributed by atoms with E-state index in [0.717, 1.165) is 12.5 Å². The zero-order valence-electron chi connectivity index (χ0n) is 11.8. The third-order valence-corrected chi connectivity index (χ3v) is 2.76. The Labute approximate surface area is 116 Å². The summed E-state index contributed by atoms with van der Waals surface area (Å²) in [7, 11) is 0. The van der Waals surface area contributed by atoms with Gasteiger partial charge in [-0.1, -0.05) is 63.7 Å². The van der Waals surface area contributed by atoms with Crippen LogP contribution in [-0.2, 0) is 4.79 Å². The van der Waals surface area contributed by atoms with Crippen molar-refractivity contribution in [2.75, 3.05) is 0 Å². The number of aliphatic hydroxyl groups excluding tert-OH is 1. The topological polar surface area (TPSA) is 57.5 Å². The van der Waals surface area contributed by atoms with Gasteiger partial charge in [0.15, 0.2) is 0 Å². The molecule has 0 saturated heterocycles. The molecule has 3 nitrogen and oxygen atoms in total. The lowest BCUT2D eigenvalue weighted by atomic mass is 10.1. The Morgan fingerprint density at radius 2 is 1.58 bits per heavy atom. The Bertz CT molecular complexity index is 314. The average Bonchev–Trinajstić information content (AvgIpc) is 2.35. The van der Waals surface area contributed by atoms with Gasteiger partial charge in [0.1, 0.15) is 5.76 Å². The number of unbranched alkanes of at least 4 members (excludes halogenated alkanes) is 7. The second-order valence-electron chi connectivity index (χ2n) is 4.60. The second-order valence-corrected chi connectivity index (χ2v) is 4.60. The van der Waals surface area contributed by atoms with Crippen LogP contribution in [0.5, 0.6) is 0 Å². The minimum Gasteiger partial charge on any atom is -0.508 e. The number of carboxylic acid groups (broad SMARTS) is 1. The van der Waals surface area contributed by atoms with Gasteiger partial charge in [-0.2, -0.15) is 0 Å². The third kappa shape index (κ3) is 14.4. The molecule has 0 radical (unpaired) electrons. The van der Waals surface area contributed by atoms with Crippen LogP contribution in [0.25, 0.3) is 0 Å². The molecule has 0 saturated carbocycles. The first-order valence-corrected chi connectivity index (χ1v) is 7.13. The summed E-state index contributed by atoms with van der Waals surface area (Å²) >= 11 is 0. The van der Waals surface area contributed by atoms with Crippen molar-refractivity contribution in [3.8, 4) is 0 Å². The van der Waals surface area contributed by atoms with E-state index in [9.17, 15) is 4.79 Å². The summed E-state index contributed by atoms with van der Waals surface area (Å²) in [5.41, 5.74) is 0. The molecular formula is C16H26O3. The summed E-state index contributed by atoms with van der Waals surface area (Å²) in [5.74, 6) is -1.39. The van der Waals surface area contributed by atoms with E-state index in [-0.39, 0.29) is 5.76 Å². The van der Waals surface area contributed by atoms with Crippen molar-refractivity contribution in [2.45, 2.75) is 58.3 Å². The largest absolute Gasteiger partial charge is 0.508 e. The van der Waals surface area contributed by atoms with E-state index in [2.05, 4.69) is 6.92 Å². The number of allylic oxidation sites excluding steroid dienone is 4. The molecule has 0 heterocycles. The number of aliphatic carboxylic acids is 1. The quantitative estimate of drug-likeness (QED) is 0.245. The molecule has 0 aromatic rings. The molecule has 0 unspecified atom stereocenters. The SMILES string of the molecule is CCCCCCCCCC=CC=CC(O)=CC(=O)O. The highest BCUT2D eigenvalue weighted by Crippen LogP contribution is 2.08. The van der Waals surface area contributed by atoms with Gasteiger partial charge in [0.05, 0.1) is 6.08 Å². The number of carboxylic acids is 1. The summed E-state index contributed by atoms with van der Waals surface area (Å²) in [4.78, 5) is 10.2. The molecule has 0 bridgehead atoms. The number of rotatable bonds is 11. The Hall–Kier alpha value is -1.51. The number of hydrogen-bond acceptors (Lipinski definition) is 2. The highest BCUT2D eigenvalue weighted by Gasteiger charge is 1.91. The molecule has 0 aliphatic carbocycles. The summed E-state index contributed by atoms with van der Waals surface area (Å²) < 4.78 is 0. The maximum Gasteiger partial charge on any atom is 0.332 e. The van der Waals surface area contributed by atoms with Crippen molar-refractivity contribution in [3.63, 3.8) is 0 Å². The van der Waals surface area contributed by atoms with E-state index in [0.29, 0.717) is 0 Å². The predicted octanol–water partition coefficient (Wildman–Crippen LogP) is 4.77. The Balaban J connectivity index is 3.49. The Morgan fingerprint density at radius 1 is 0.947 bits per heavy atom. The Kier molecular flexibility index (Phi) is 11.9. The van der Waals surface area contributed by atoms with Gasteiger partial charge in [0, 0.05) is 0 Å². The fourth-order valence-electron chi connectivity index (χ4n) is 1.72. The molecule has 0 rings (SSSR count). The number of carbonyl (C=O) groups is 1. The van der Waals surface area contributed by atoms with Gasteiger partial charge in [0.25, 0.3) is 0 Å². The molecule has 0 aliphatic rings. The fourth-order valence-corrected chi connectivity index (χ4v) is 1.72. The smallest absolute Gasteiger partial charge is 0.332 e. The standard InChI is InChI=1S/C16H26O3/c1-2-3-4-5-6-7-8-9-10-11-12-13-15(17)14-16(18)19/h10-14,17H,2-9H2,1H3,(H,18,19). The third-order valence-electron chi connectivity index (χ3n) is 2.76. The van der Waals surface area contributed by atoms with E-state index >= 15 is 0 Å². The summed E-state index contributed by atoms with van der Waals surface area (Å²) in [6.07, 6.45) is 17.8. The van der Waals surface area contributed by atoms with Gasteiger partial charge in [0.2, 0.25) is 0 Å². The van der Waals surface area contributed by atoms with Crippen molar-refractivity contribution in [1.29, 1.82) is 0 Å². The van der Waals surface area contributed by atoms with Crippen LogP contribution >= 0.6 is 0 Å². The van der Waals surface area contributed by atoms with Crippen molar-refractivity contribution in [2.24, 2.45) is 0 Å². The lowest BCUT2D eigenvalue weighted by molar-refractivity contribution is -0.131. The van der Waals surface area contributed by atoms with Crippen LogP contribution in [0, 0.1) is 0 Å². The predicted molar refractivity (Wildman–Crippen MR) is 79.2 cm³/mol. The van der Waals surface area contributed by atoms with E-state index in [1.54, 1.807) is 6.08 Å². The van der Waals surface area contributed by atoms with Gasteiger partial charge in [-0.3, -0.25) is 0 Å². The molecule has 0 amide bonds. The van der Waals surface area contributed by atoms with E-state index in [4.69, 9.17) is 10.2 Å². The summed E-state index contributed by atoms with van der Waals surface area (Å²) in [6.45, 7) is 2.22. The van der Waals surface area contributed by atoms with Gasteiger partial charge >= 0.3 is 5.97 Å². The van der Waals surface area contributed by atoms with Crippen molar-refractivity contribution < 1.29 is 15.0 Å². The zero-order chi connectivity index (χ0) is 14.3. The average molecular weight is 266 g/mol. The first-order valence-electron chi connectivity index (χ1n) is 7.13. The maximum absolute atomic E-state index is 10.2. The summed E-state index contributed by atoms with van der Waals surface area (Å²) in [5, 5.41) is 17.5. The van der Waals surface area contributed by atoms with E-state index in [1.807, 2.05) is 12.2 Å². The maximum atomic E-state index is 10.2. The monoisotopic (exact) mass is 266 g/mol. The minimum atomic E-state index is -1.14. The molecule has 0 atom stereocenters. The highest BCUT2D eigenvalue weighted by molar-refractivity contribution is 5.80. The van der Waals surface area contributed by atoms with Crippen molar-refractivity contribution in [3.05, 3.63) is 36.1 Å². The molecule has 0 fully saturated rings. The van der Waals surface area contributed by atoms with Gasteiger partial charge < -0.3 is 10.2 Å². The molecular weight excluding hydrogens is 240 g/mol. The molecule has 2 N–H and O–H groups in total. The lowest BCUT2D eigenvalue weighted by Gasteiger charge is -1.98. The highest BCUT2D eigenvalue weighted by atomic mass is 16.4. The number of hydrogen-bond donors (Lipinski definition) is 2. The van der Waals surface area contributed by atoms with Crippen LogP contribution in [0.2, 0.25) is 0 Å². The normalized spacial score (nSPS) is 12.6. The molecule has 3 heteroatoms. The van der Waals surface area contributed by atoms with E-state index in [1.165, 1.54) is 51.0 Å². The lowest BCUT2D eigenvalue weighted by Crippen LogP contribution is -1.89. The first-order chi connectivity index (χ1) is 9.16. The molecule has 0 aromatic carbocycles.